The van der Waals surface area contributed by atoms with Crippen molar-refractivity contribution in [3.63, 3.8) is 0 Å². The van der Waals surface area contributed by atoms with E-state index in [-0.39, 0.29) is 66.1 Å². The first-order valence-corrected chi connectivity index (χ1v) is 9.12. The maximum Gasteiger partial charge on any atom is 0 e. The van der Waals surface area contributed by atoms with Gasteiger partial charge in [0.15, 0.2) is 0 Å². The van der Waals surface area contributed by atoms with E-state index in [9.17, 15) is 0 Å². The summed E-state index contributed by atoms with van der Waals surface area (Å²) >= 11 is 3.67. The predicted molar refractivity (Wildman–Crippen MR) is 0 cm³/mol. The van der Waals surface area contributed by atoms with Crippen molar-refractivity contribution in [3.05, 3.63) is 0 Å². The first-order valence-electron chi connectivity index (χ1n) is 0.136. The molecule has 0 aliphatic rings. The van der Waals surface area contributed by atoms with E-state index >= 15 is 0 Å². The van der Waals surface area contributed by atoms with Gasteiger partial charge in [-0.3, -0.25) is 0 Å². The fourth-order valence-corrected chi connectivity index (χ4v) is 0. The monoisotopic (exact) mass is 699 g/mol. The molecule has 4 heteroatoms. The van der Waals surface area contributed by atoms with E-state index in [1.165, 1.54) is 0 Å². The predicted octanol–water partition coefficient (Wildman–Crippen LogP) is -0.00750. The van der Waals surface area contributed by atoms with Crippen LogP contribution in [0.1, 0.15) is 0 Å². The Hall–Kier alpha value is 3.55. The average Bonchev–Trinajstić information content (AvgIpc) is 1.00. The Balaban J connectivity index is -0.00000000500. The summed E-state index contributed by atoms with van der Waals surface area (Å²) in [6, 6.07) is 0. The largest absolute Gasteiger partial charge is 0 e. The Labute approximate surface area is 96.5 Å². The van der Waals surface area contributed by atoms with Crippen LogP contribution in [0.25, 0.3) is 0 Å². The minimum atomic E-state index is 0. The zero-order valence-corrected chi connectivity index (χ0v) is 13.6. The first-order chi connectivity index (χ1) is 1.00. The van der Waals surface area contributed by atoms with Crippen molar-refractivity contribution in [2.75, 3.05) is 0 Å². The van der Waals surface area contributed by atoms with Crippen LogP contribution < -0.4 is 0 Å². The van der Waals surface area contributed by atoms with Crippen molar-refractivity contribution in [1.82, 2.24) is 0 Å². The molecule has 0 rings (SSSR count). The minimum absolute atomic E-state index is 0. The van der Waals surface area contributed by atoms with Crippen LogP contribution in [0.3, 0.4) is 0 Å². The van der Waals surface area contributed by atoms with Crippen LogP contribution in [0.5, 0.6) is 0 Å². The van der Waals surface area contributed by atoms with Crippen LogP contribution in [0, 0.1) is 39.9 Å². The molecule has 23 valence electrons. The normalized spacial score (nSPS) is 1.50. The molecule has 0 nitrogen and oxygen atoms in total. The SMILES string of the molecule is [Th].[W][Ir].[Zr]. The molecule has 0 bridgehead atoms. The molecule has 0 spiro atoms. The van der Waals surface area contributed by atoms with Gasteiger partial charge in [0.1, 0.15) is 0 Å². The molecular weight excluding hydrogens is 699 g/mol. The molecule has 0 N–H and O–H groups in total. The quantitative estimate of drug-likeness (QED) is 0.335. The molecule has 0 saturated carbocycles. The zero-order valence-electron chi connectivity index (χ0n) is 1.74. The molecule has 0 atom stereocenters. The smallest absolute Gasteiger partial charge is 0 e. The van der Waals surface area contributed by atoms with E-state index in [0.717, 1.165) is 0 Å². The van der Waals surface area contributed by atoms with Crippen LogP contribution >= 0.6 is 0 Å². The number of rotatable bonds is 0. The third-order valence-corrected chi connectivity index (χ3v) is 0. The molecule has 0 aromatic carbocycles. The van der Waals surface area contributed by atoms with Crippen molar-refractivity contribution >= 4 is 0 Å². The van der Waals surface area contributed by atoms with Crippen LogP contribution in [-0.4, -0.2) is 0 Å². The molecule has 0 saturated heterocycles. The second-order valence-corrected chi connectivity index (χ2v) is 0. The van der Waals surface area contributed by atoms with E-state index in [1.54, 1.807) is 17.0 Å². The van der Waals surface area contributed by atoms with Crippen molar-refractivity contribution in [2.24, 2.45) is 0 Å². The van der Waals surface area contributed by atoms with Gasteiger partial charge in [-0.05, 0) is 0 Å². The maximum atomic E-state index is 2.08. The molecule has 0 radical (unpaired) electrons. The van der Waals surface area contributed by atoms with Crippen LogP contribution in [0.15, 0.2) is 0 Å². The Morgan fingerprint density at radius 3 is 1.25 bits per heavy atom. The van der Waals surface area contributed by atoms with E-state index in [1.807, 2.05) is 0 Å². The summed E-state index contributed by atoms with van der Waals surface area (Å²) in [6.07, 6.45) is 0. The van der Waals surface area contributed by atoms with Crippen LogP contribution in [-0.2, 0) is 59.2 Å². The molecule has 0 aromatic heterocycles. The second kappa shape index (κ2) is 16.0. The molecule has 0 fully saturated rings. The van der Waals surface area contributed by atoms with E-state index in [0.29, 0.717) is 0 Å². The van der Waals surface area contributed by atoms with Gasteiger partial charge in [0.05, 0.1) is 0 Å². The molecule has 0 amide bonds. The summed E-state index contributed by atoms with van der Waals surface area (Å²) in [6.45, 7) is 0. The van der Waals surface area contributed by atoms with Gasteiger partial charge < -0.3 is 0 Å². The van der Waals surface area contributed by atoms with Crippen molar-refractivity contribution in [1.29, 1.82) is 0 Å². The molecule has 0 aliphatic carbocycles. The van der Waals surface area contributed by atoms with Gasteiger partial charge in [0, 0.05) is 66.1 Å². The Kier molecular flexibility index (Phi) is 62.6. The number of hydrogen-bond acceptors (Lipinski definition) is 0. The van der Waals surface area contributed by atoms with Gasteiger partial charge in [-0.25, -0.2) is 0 Å². The maximum absolute atomic E-state index is 2.08. The van der Waals surface area contributed by atoms with E-state index < -0.39 is 0 Å². The van der Waals surface area contributed by atoms with Gasteiger partial charge in [-0.2, -0.15) is 0 Å². The molecule has 0 aliphatic heterocycles. The van der Waals surface area contributed by atoms with Crippen molar-refractivity contribution in [3.8, 4) is 0 Å². The van der Waals surface area contributed by atoms with Gasteiger partial charge in [0.25, 0.3) is 0 Å². The fourth-order valence-electron chi connectivity index (χ4n) is 0. The topological polar surface area (TPSA) is 0 Å². The molecule has 0 heterocycles. The summed E-state index contributed by atoms with van der Waals surface area (Å²) in [5.41, 5.74) is 0. The number of hydrogen-bond donors (Lipinski definition) is 0. The van der Waals surface area contributed by atoms with E-state index in [4.69, 9.17) is 0 Å². The fraction of sp³-hybridized carbons (Fsp3) is 0. The zero-order chi connectivity index (χ0) is 2.00. The molecular formula is IrThWZr. The summed E-state index contributed by atoms with van der Waals surface area (Å²) in [5.74, 6) is 0. The summed E-state index contributed by atoms with van der Waals surface area (Å²) in [4.78, 5) is 0. The van der Waals surface area contributed by atoms with Gasteiger partial charge >= 0.3 is 33.0 Å². The minimum Gasteiger partial charge on any atom is 0 e. The van der Waals surface area contributed by atoms with Crippen molar-refractivity contribution in [2.45, 2.75) is 0 Å². The van der Waals surface area contributed by atoms with Crippen LogP contribution in [0.4, 0.5) is 0 Å². The third kappa shape index (κ3) is 9.11. The van der Waals surface area contributed by atoms with E-state index in [2.05, 4.69) is 16.0 Å². The van der Waals surface area contributed by atoms with Crippen LogP contribution in [0.2, 0.25) is 0 Å². The van der Waals surface area contributed by atoms with Gasteiger partial charge in [-0.15, -0.1) is 0 Å². The first kappa shape index (κ1) is 15.6. The second-order valence-electron chi connectivity index (χ2n) is 0. The molecule has 0 aromatic rings. The van der Waals surface area contributed by atoms with Crippen molar-refractivity contribution < 1.29 is 99.2 Å². The molecule has 4 heavy (non-hydrogen) atoms. The Morgan fingerprint density at radius 2 is 1.25 bits per heavy atom. The Bertz CT molecular complexity index is 8.00. The standard InChI is InChI=1S/Ir.Th.W.Zr. The Morgan fingerprint density at radius 1 is 1.25 bits per heavy atom. The third-order valence-electron chi connectivity index (χ3n) is 0. The summed E-state index contributed by atoms with van der Waals surface area (Å²) in [5, 5.41) is 0. The summed E-state index contributed by atoms with van der Waals surface area (Å²) < 4.78 is 0. The van der Waals surface area contributed by atoms with Gasteiger partial charge in [-0.1, -0.05) is 0 Å². The van der Waals surface area contributed by atoms with Gasteiger partial charge in [0.2, 0.25) is 0 Å². The molecule has 0 unspecified atom stereocenters. The summed E-state index contributed by atoms with van der Waals surface area (Å²) in [7, 11) is 0. The average molecular weight is 699 g/mol.